The molecule has 2 N–H and O–H groups in total. The summed E-state index contributed by atoms with van der Waals surface area (Å²) in [5.41, 5.74) is 2.71. The normalized spacial score (nSPS) is 17.3. The molecule has 1 unspecified atom stereocenters. The van der Waals surface area contributed by atoms with Gasteiger partial charge >= 0.3 is 0 Å². The van der Waals surface area contributed by atoms with Gasteiger partial charge in [-0.3, -0.25) is 9.89 Å². The first-order chi connectivity index (χ1) is 11.7. The lowest BCUT2D eigenvalue weighted by Gasteiger charge is -2.20. The summed E-state index contributed by atoms with van der Waals surface area (Å²) in [6, 6.07) is 9.44. The zero-order chi connectivity index (χ0) is 17.2. The SMILES string of the molecule is CCC(C)NC(=NC)NCc1ccc(CN2CCCCCC2)cc1.I. The van der Waals surface area contributed by atoms with E-state index in [0.29, 0.717) is 6.04 Å². The largest absolute Gasteiger partial charge is 0.354 e. The van der Waals surface area contributed by atoms with E-state index in [1.54, 1.807) is 0 Å². The van der Waals surface area contributed by atoms with E-state index in [4.69, 9.17) is 0 Å². The van der Waals surface area contributed by atoms with E-state index in [1.165, 1.54) is 49.9 Å². The van der Waals surface area contributed by atoms with E-state index < -0.39 is 0 Å². The number of likely N-dealkylation sites (tertiary alicyclic amines) is 1. The molecule has 1 aliphatic heterocycles. The molecule has 1 aromatic carbocycles. The highest BCUT2D eigenvalue weighted by molar-refractivity contribution is 14.0. The zero-order valence-electron chi connectivity index (χ0n) is 16.1. The lowest BCUT2D eigenvalue weighted by Crippen LogP contribution is -2.41. The molecule has 4 nitrogen and oxygen atoms in total. The van der Waals surface area contributed by atoms with Crippen LogP contribution >= 0.6 is 24.0 Å². The average molecular weight is 458 g/mol. The predicted octanol–water partition coefficient (Wildman–Crippen LogP) is 4.14. The van der Waals surface area contributed by atoms with Gasteiger partial charge in [0.2, 0.25) is 0 Å². The molecular formula is C20H35IN4. The molecule has 0 radical (unpaired) electrons. The van der Waals surface area contributed by atoms with Crippen LogP contribution in [0.15, 0.2) is 29.3 Å². The molecule has 2 rings (SSSR count). The van der Waals surface area contributed by atoms with E-state index in [1.807, 2.05) is 7.05 Å². The Morgan fingerprint density at radius 3 is 2.24 bits per heavy atom. The molecule has 1 aliphatic rings. The molecule has 0 bridgehead atoms. The zero-order valence-corrected chi connectivity index (χ0v) is 18.4. The van der Waals surface area contributed by atoms with Gasteiger partial charge in [-0.1, -0.05) is 44.0 Å². The Morgan fingerprint density at radius 1 is 1.08 bits per heavy atom. The van der Waals surface area contributed by atoms with Gasteiger partial charge in [-0.25, -0.2) is 0 Å². The minimum atomic E-state index is 0. The molecule has 142 valence electrons. The van der Waals surface area contributed by atoms with Gasteiger partial charge < -0.3 is 10.6 Å². The molecule has 0 spiro atoms. The Hall–Kier alpha value is -0.820. The Morgan fingerprint density at radius 2 is 1.68 bits per heavy atom. The highest BCUT2D eigenvalue weighted by Gasteiger charge is 2.09. The molecule has 5 heteroatoms. The van der Waals surface area contributed by atoms with E-state index in [0.717, 1.165) is 25.5 Å². The van der Waals surface area contributed by atoms with Gasteiger partial charge in [-0.15, -0.1) is 24.0 Å². The predicted molar refractivity (Wildman–Crippen MR) is 119 cm³/mol. The van der Waals surface area contributed by atoms with Crippen LogP contribution in [0.4, 0.5) is 0 Å². The van der Waals surface area contributed by atoms with Crippen molar-refractivity contribution >= 4 is 29.9 Å². The summed E-state index contributed by atoms with van der Waals surface area (Å²) < 4.78 is 0. The van der Waals surface area contributed by atoms with Crippen LogP contribution in [-0.4, -0.2) is 37.0 Å². The van der Waals surface area contributed by atoms with Gasteiger partial charge in [0.05, 0.1) is 0 Å². The first kappa shape index (κ1) is 22.2. The number of hydrogen-bond acceptors (Lipinski definition) is 2. The molecule has 0 amide bonds. The van der Waals surface area contributed by atoms with Crippen molar-refractivity contribution in [3.63, 3.8) is 0 Å². The lowest BCUT2D eigenvalue weighted by molar-refractivity contribution is 0.277. The van der Waals surface area contributed by atoms with Crippen molar-refractivity contribution in [2.45, 2.75) is 65.1 Å². The van der Waals surface area contributed by atoms with Crippen molar-refractivity contribution in [2.75, 3.05) is 20.1 Å². The fourth-order valence-corrected chi connectivity index (χ4v) is 3.03. The molecule has 1 aromatic rings. The van der Waals surface area contributed by atoms with Crippen LogP contribution in [0.3, 0.4) is 0 Å². The van der Waals surface area contributed by atoms with Crippen molar-refractivity contribution in [1.29, 1.82) is 0 Å². The van der Waals surface area contributed by atoms with Crippen molar-refractivity contribution in [3.05, 3.63) is 35.4 Å². The molecular weight excluding hydrogens is 423 g/mol. The second kappa shape index (κ2) is 12.5. The van der Waals surface area contributed by atoms with Crippen molar-refractivity contribution in [1.82, 2.24) is 15.5 Å². The summed E-state index contributed by atoms with van der Waals surface area (Å²) in [7, 11) is 1.82. The second-order valence-electron chi connectivity index (χ2n) is 6.89. The summed E-state index contributed by atoms with van der Waals surface area (Å²) in [6.07, 6.45) is 6.58. The second-order valence-corrected chi connectivity index (χ2v) is 6.89. The van der Waals surface area contributed by atoms with Crippen LogP contribution in [0.5, 0.6) is 0 Å². The van der Waals surface area contributed by atoms with Crippen molar-refractivity contribution in [2.24, 2.45) is 4.99 Å². The highest BCUT2D eigenvalue weighted by Crippen LogP contribution is 2.13. The van der Waals surface area contributed by atoms with Gasteiger partial charge in [-0.05, 0) is 50.4 Å². The minimum absolute atomic E-state index is 0. The number of rotatable bonds is 6. The number of aliphatic imine (C=N–C) groups is 1. The Bertz CT molecular complexity index is 493. The molecule has 0 aromatic heterocycles. The maximum atomic E-state index is 4.28. The average Bonchev–Trinajstić information content (AvgIpc) is 2.88. The highest BCUT2D eigenvalue weighted by atomic mass is 127. The summed E-state index contributed by atoms with van der Waals surface area (Å²) >= 11 is 0. The number of hydrogen-bond donors (Lipinski definition) is 2. The lowest BCUT2D eigenvalue weighted by atomic mass is 10.1. The smallest absolute Gasteiger partial charge is 0.191 e. The quantitative estimate of drug-likeness (QED) is 0.383. The van der Waals surface area contributed by atoms with Crippen LogP contribution in [0.1, 0.15) is 57.1 Å². The summed E-state index contributed by atoms with van der Waals surface area (Å²) in [5, 5.41) is 6.78. The fourth-order valence-electron chi connectivity index (χ4n) is 3.03. The van der Waals surface area contributed by atoms with E-state index in [2.05, 4.69) is 58.6 Å². The standard InChI is InChI=1S/C20H34N4.HI/c1-4-17(2)23-20(21-3)22-15-18-9-11-19(12-10-18)16-24-13-7-5-6-8-14-24;/h9-12,17H,4-8,13-16H2,1-3H3,(H2,21,22,23);1H. The third-order valence-corrected chi connectivity index (χ3v) is 4.81. The third-order valence-electron chi connectivity index (χ3n) is 4.81. The Balaban J connectivity index is 0.00000312. The van der Waals surface area contributed by atoms with E-state index in [9.17, 15) is 0 Å². The van der Waals surface area contributed by atoms with Gasteiger partial charge in [-0.2, -0.15) is 0 Å². The van der Waals surface area contributed by atoms with Crippen LogP contribution in [0, 0.1) is 0 Å². The first-order valence-corrected chi connectivity index (χ1v) is 9.48. The van der Waals surface area contributed by atoms with Crippen LogP contribution in [0.25, 0.3) is 0 Å². The molecule has 0 saturated carbocycles. The van der Waals surface area contributed by atoms with Crippen LogP contribution in [0.2, 0.25) is 0 Å². The van der Waals surface area contributed by atoms with Gasteiger partial charge in [0.25, 0.3) is 0 Å². The van der Waals surface area contributed by atoms with Crippen molar-refractivity contribution in [3.8, 4) is 0 Å². The Kier molecular flexibility index (Phi) is 11.1. The number of guanidine groups is 1. The minimum Gasteiger partial charge on any atom is -0.354 e. The summed E-state index contributed by atoms with van der Waals surface area (Å²) in [5.74, 6) is 0.873. The fraction of sp³-hybridized carbons (Fsp3) is 0.650. The number of nitrogens with one attached hydrogen (secondary N) is 2. The van der Waals surface area contributed by atoms with E-state index in [-0.39, 0.29) is 24.0 Å². The third kappa shape index (κ3) is 8.40. The summed E-state index contributed by atoms with van der Waals surface area (Å²) in [4.78, 5) is 6.88. The first-order valence-electron chi connectivity index (χ1n) is 9.48. The molecule has 1 atom stereocenters. The monoisotopic (exact) mass is 458 g/mol. The van der Waals surface area contributed by atoms with Crippen molar-refractivity contribution < 1.29 is 0 Å². The topological polar surface area (TPSA) is 39.7 Å². The molecule has 0 aliphatic carbocycles. The number of nitrogens with zero attached hydrogens (tertiary/aromatic N) is 2. The molecule has 25 heavy (non-hydrogen) atoms. The van der Waals surface area contributed by atoms with Gasteiger partial charge in [0.15, 0.2) is 5.96 Å². The van der Waals surface area contributed by atoms with Crippen LogP contribution < -0.4 is 10.6 Å². The maximum absolute atomic E-state index is 4.28. The summed E-state index contributed by atoms with van der Waals surface area (Å²) in [6.45, 7) is 8.74. The number of benzene rings is 1. The molecule has 1 heterocycles. The molecule has 1 fully saturated rings. The van der Waals surface area contributed by atoms with E-state index >= 15 is 0 Å². The van der Waals surface area contributed by atoms with Gasteiger partial charge in [0.1, 0.15) is 0 Å². The van der Waals surface area contributed by atoms with Gasteiger partial charge in [0, 0.05) is 26.2 Å². The molecule has 1 saturated heterocycles. The Labute approximate surface area is 170 Å². The number of halogens is 1. The van der Waals surface area contributed by atoms with Crippen LogP contribution in [-0.2, 0) is 13.1 Å². The maximum Gasteiger partial charge on any atom is 0.191 e.